The van der Waals surface area contributed by atoms with Crippen LogP contribution in [-0.2, 0) is 21.8 Å². The zero-order valence-electron chi connectivity index (χ0n) is 14.3. The summed E-state index contributed by atoms with van der Waals surface area (Å²) in [6, 6.07) is 7.29. The Bertz CT molecular complexity index is 858. The minimum absolute atomic E-state index is 0.0681. The van der Waals surface area contributed by atoms with Crippen LogP contribution in [0.5, 0.6) is 0 Å². The number of halogens is 1. The fraction of sp³-hybridized carbons (Fsp3) is 0.438. The minimum Gasteiger partial charge on any atom is -0.372 e. The average Bonchev–Trinajstić information content (AvgIpc) is 2.87. The zero-order valence-corrected chi connectivity index (χ0v) is 15.9. The Kier molecular flexibility index (Phi) is 4.95. The Balaban J connectivity index is 1.92. The normalized spacial score (nSPS) is 21.4. The maximum Gasteiger partial charge on any atom is 0.282 e. The van der Waals surface area contributed by atoms with Gasteiger partial charge >= 0.3 is 0 Å². The lowest BCUT2D eigenvalue weighted by Gasteiger charge is -2.37. The van der Waals surface area contributed by atoms with Gasteiger partial charge in [-0.05, 0) is 26.0 Å². The van der Waals surface area contributed by atoms with Crippen LogP contribution in [0.15, 0.2) is 35.6 Å². The monoisotopic (exact) mass is 384 g/mol. The van der Waals surface area contributed by atoms with Crippen molar-refractivity contribution in [3.8, 4) is 0 Å². The number of para-hydroxylation sites is 2. The van der Waals surface area contributed by atoms with Crippen LogP contribution in [0, 0.1) is 0 Å². The van der Waals surface area contributed by atoms with Crippen molar-refractivity contribution >= 4 is 33.0 Å². The van der Waals surface area contributed by atoms with Crippen LogP contribution in [0.2, 0.25) is 5.15 Å². The van der Waals surface area contributed by atoms with Crippen LogP contribution in [-0.4, -0.2) is 43.3 Å². The van der Waals surface area contributed by atoms with E-state index in [1.807, 2.05) is 26.0 Å². The van der Waals surface area contributed by atoms with Crippen molar-refractivity contribution in [2.75, 3.05) is 22.7 Å². The molecular formula is C16H21ClN4O3S. The van der Waals surface area contributed by atoms with Gasteiger partial charge in [-0.1, -0.05) is 23.7 Å². The molecule has 2 aromatic rings. The number of aromatic nitrogens is 2. The molecule has 1 aliphatic heterocycles. The van der Waals surface area contributed by atoms with E-state index in [9.17, 15) is 8.42 Å². The maximum absolute atomic E-state index is 12.7. The van der Waals surface area contributed by atoms with Crippen molar-refractivity contribution in [2.45, 2.75) is 31.1 Å². The molecule has 7 nitrogen and oxygen atoms in total. The first-order chi connectivity index (χ1) is 11.8. The molecule has 2 heterocycles. The van der Waals surface area contributed by atoms with Crippen molar-refractivity contribution in [3.63, 3.8) is 0 Å². The van der Waals surface area contributed by atoms with Crippen molar-refractivity contribution in [1.82, 2.24) is 9.55 Å². The summed E-state index contributed by atoms with van der Waals surface area (Å²) in [5.41, 5.74) is 1.30. The van der Waals surface area contributed by atoms with Gasteiger partial charge in [0.2, 0.25) is 5.03 Å². The number of anilines is 2. The maximum atomic E-state index is 12.7. The van der Waals surface area contributed by atoms with E-state index in [1.165, 1.54) is 10.9 Å². The Morgan fingerprint density at radius 1 is 1.24 bits per heavy atom. The Morgan fingerprint density at radius 3 is 2.48 bits per heavy atom. The molecule has 1 saturated heterocycles. The Hall–Kier alpha value is -1.77. The van der Waals surface area contributed by atoms with Crippen molar-refractivity contribution in [3.05, 3.63) is 35.7 Å². The summed E-state index contributed by atoms with van der Waals surface area (Å²) < 4.78 is 35.2. The molecule has 1 aromatic heterocycles. The third kappa shape index (κ3) is 3.75. The van der Waals surface area contributed by atoms with E-state index < -0.39 is 10.0 Å². The highest BCUT2D eigenvalue weighted by Gasteiger charge is 2.27. The zero-order chi connectivity index (χ0) is 18.2. The first-order valence-electron chi connectivity index (χ1n) is 7.97. The number of nitrogens with zero attached hydrogens (tertiary/aromatic N) is 3. The van der Waals surface area contributed by atoms with Gasteiger partial charge in [0.1, 0.15) is 5.15 Å². The van der Waals surface area contributed by atoms with Gasteiger partial charge in [-0.3, -0.25) is 4.72 Å². The van der Waals surface area contributed by atoms with Gasteiger partial charge in [0, 0.05) is 20.1 Å². The minimum atomic E-state index is -3.88. The van der Waals surface area contributed by atoms with Gasteiger partial charge in [-0.25, -0.2) is 4.98 Å². The number of imidazole rings is 1. The van der Waals surface area contributed by atoms with E-state index in [0.29, 0.717) is 18.8 Å². The lowest BCUT2D eigenvalue weighted by molar-refractivity contribution is -0.00517. The molecule has 136 valence electrons. The molecule has 1 aromatic carbocycles. The van der Waals surface area contributed by atoms with Crippen molar-refractivity contribution < 1.29 is 13.2 Å². The highest BCUT2D eigenvalue weighted by molar-refractivity contribution is 7.92. The van der Waals surface area contributed by atoms with Crippen LogP contribution in [0.4, 0.5) is 11.4 Å². The molecule has 2 atom stereocenters. The largest absolute Gasteiger partial charge is 0.372 e. The fourth-order valence-electron chi connectivity index (χ4n) is 2.98. The van der Waals surface area contributed by atoms with E-state index in [2.05, 4.69) is 14.6 Å². The van der Waals surface area contributed by atoms with E-state index in [0.717, 1.165) is 5.69 Å². The lowest BCUT2D eigenvalue weighted by atomic mass is 10.2. The molecule has 0 radical (unpaired) electrons. The molecule has 1 aliphatic rings. The summed E-state index contributed by atoms with van der Waals surface area (Å²) in [6.45, 7) is 5.38. The van der Waals surface area contributed by atoms with E-state index in [-0.39, 0.29) is 22.4 Å². The number of hydrogen-bond donors (Lipinski definition) is 1. The van der Waals surface area contributed by atoms with E-state index >= 15 is 0 Å². The highest BCUT2D eigenvalue weighted by Crippen LogP contribution is 2.31. The summed E-state index contributed by atoms with van der Waals surface area (Å²) >= 11 is 6.04. The first-order valence-corrected chi connectivity index (χ1v) is 9.83. The van der Waals surface area contributed by atoms with Crippen LogP contribution in [0.25, 0.3) is 0 Å². The van der Waals surface area contributed by atoms with Gasteiger partial charge < -0.3 is 14.2 Å². The fourth-order valence-corrected chi connectivity index (χ4v) is 4.49. The van der Waals surface area contributed by atoms with E-state index in [4.69, 9.17) is 16.3 Å². The highest BCUT2D eigenvalue weighted by atomic mass is 35.5. The number of hydrogen-bond acceptors (Lipinski definition) is 5. The molecule has 25 heavy (non-hydrogen) atoms. The third-order valence-electron chi connectivity index (χ3n) is 4.00. The topological polar surface area (TPSA) is 76.5 Å². The van der Waals surface area contributed by atoms with E-state index in [1.54, 1.807) is 19.2 Å². The smallest absolute Gasteiger partial charge is 0.282 e. The van der Waals surface area contributed by atoms with Crippen LogP contribution >= 0.6 is 11.6 Å². The second-order valence-corrected chi connectivity index (χ2v) is 8.19. The summed E-state index contributed by atoms with van der Waals surface area (Å²) in [5.74, 6) is 0. The standard InChI is InChI=1S/C16H21ClN4O3S/c1-11-8-21(9-12(2)24-11)14-7-5-4-6-13(14)19-25(22,23)16-15(17)20(3)10-18-16/h4-7,10-12,19H,8-9H2,1-3H3/t11-,12+. The molecule has 0 amide bonds. The first kappa shape index (κ1) is 18.0. The van der Waals surface area contributed by atoms with Gasteiger partial charge in [0.25, 0.3) is 10.0 Å². The third-order valence-corrected chi connectivity index (χ3v) is 5.85. The molecule has 0 saturated carbocycles. The summed E-state index contributed by atoms with van der Waals surface area (Å²) in [6.07, 6.45) is 1.51. The van der Waals surface area contributed by atoms with Crippen molar-refractivity contribution in [2.24, 2.45) is 7.05 Å². The van der Waals surface area contributed by atoms with Gasteiger partial charge in [0.15, 0.2) is 0 Å². The summed E-state index contributed by atoms with van der Waals surface area (Å²) in [5, 5.41) is -0.117. The Labute approximate surface area is 152 Å². The van der Waals surface area contributed by atoms with Gasteiger partial charge in [0.05, 0.1) is 29.9 Å². The SMILES string of the molecule is C[C@@H]1CN(c2ccccc2NS(=O)(=O)c2ncn(C)c2Cl)C[C@H](C)O1. The molecular weight excluding hydrogens is 364 g/mol. The number of sulfonamides is 1. The molecule has 3 rings (SSSR count). The molecule has 0 spiro atoms. The molecule has 1 N–H and O–H groups in total. The molecule has 0 aliphatic carbocycles. The quantitative estimate of drug-likeness (QED) is 0.876. The predicted octanol–water partition coefficient (Wildman–Crippen LogP) is 2.49. The van der Waals surface area contributed by atoms with Gasteiger partial charge in [-0.2, -0.15) is 8.42 Å². The molecule has 1 fully saturated rings. The summed E-state index contributed by atoms with van der Waals surface area (Å²) in [7, 11) is -2.25. The number of aryl methyl sites for hydroxylation is 1. The lowest BCUT2D eigenvalue weighted by Crippen LogP contribution is -2.45. The Morgan fingerprint density at radius 2 is 1.88 bits per heavy atom. The molecule has 0 bridgehead atoms. The second kappa shape index (κ2) is 6.86. The number of ether oxygens (including phenoxy) is 1. The number of benzene rings is 1. The van der Waals surface area contributed by atoms with Crippen LogP contribution < -0.4 is 9.62 Å². The average molecular weight is 385 g/mol. The van der Waals surface area contributed by atoms with Crippen LogP contribution in [0.3, 0.4) is 0 Å². The molecule has 9 heteroatoms. The molecule has 0 unspecified atom stereocenters. The number of morpholine rings is 1. The van der Waals surface area contributed by atoms with Crippen LogP contribution in [0.1, 0.15) is 13.8 Å². The van der Waals surface area contributed by atoms with Crippen molar-refractivity contribution in [1.29, 1.82) is 0 Å². The predicted molar refractivity (Wildman–Crippen MR) is 97.7 cm³/mol. The second-order valence-electron chi connectivity index (χ2n) is 6.24. The number of rotatable bonds is 4. The number of nitrogens with one attached hydrogen (secondary N) is 1. The van der Waals surface area contributed by atoms with Gasteiger partial charge in [-0.15, -0.1) is 0 Å². The summed E-state index contributed by atoms with van der Waals surface area (Å²) in [4.78, 5) is 6.02.